The first-order valence-corrected chi connectivity index (χ1v) is 8.94. The van der Waals surface area contributed by atoms with E-state index in [9.17, 15) is 0 Å². The van der Waals surface area contributed by atoms with Crippen LogP contribution in [0.5, 0.6) is 5.75 Å². The summed E-state index contributed by atoms with van der Waals surface area (Å²) in [6, 6.07) is 5.66. The van der Waals surface area contributed by atoms with Crippen molar-refractivity contribution in [2.24, 2.45) is 0 Å². The Bertz CT molecular complexity index is 513. The fourth-order valence-electron chi connectivity index (χ4n) is 2.98. The molecular formula is C19H28ClNO3. The minimum Gasteiger partial charge on any atom is -0.491 e. The quantitative estimate of drug-likeness (QED) is 0.501. The Morgan fingerprint density at radius 3 is 2.71 bits per heavy atom. The molecule has 1 saturated heterocycles. The van der Waals surface area contributed by atoms with Gasteiger partial charge in [-0.1, -0.05) is 17.7 Å². The largest absolute Gasteiger partial charge is 0.491 e. The first kappa shape index (κ1) is 19.3. The molecule has 1 fully saturated rings. The van der Waals surface area contributed by atoms with Gasteiger partial charge in [0.2, 0.25) is 0 Å². The second-order valence-electron chi connectivity index (χ2n) is 6.22. The van der Waals surface area contributed by atoms with Crippen molar-refractivity contribution in [3.05, 3.63) is 41.4 Å². The van der Waals surface area contributed by atoms with Gasteiger partial charge in [-0.2, -0.15) is 0 Å². The molecule has 0 bridgehead atoms. The van der Waals surface area contributed by atoms with Crippen LogP contribution in [0.1, 0.15) is 19.4 Å². The van der Waals surface area contributed by atoms with Gasteiger partial charge >= 0.3 is 0 Å². The van der Waals surface area contributed by atoms with Crippen molar-refractivity contribution < 1.29 is 14.2 Å². The van der Waals surface area contributed by atoms with E-state index < -0.39 is 0 Å². The molecule has 1 heterocycles. The van der Waals surface area contributed by atoms with Crippen LogP contribution in [-0.4, -0.2) is 56.6 Å². The number of allylic oxidation sites excluding steroid dienone is 1. The van der Waals surface area contributed by atoms with Crippen LogP contribution in [0, 0.1) is 0 Å². The Hall–Kier alpha value is -1.07. The third-order valence-electron chi connectivity index (χ3n) is 3.92. The molecule has 1 aliphatic rings. The van der Waals surface area contributed by atoms with E-state index >= 15 is 0 Å². The van der Waals surface area contributed by atoms with Gasteiger partial charge < -0.3 is 14.2 Å². The van der Waals surface area contributed by atoms with Crippen molar-refractivity contribution in [3.8, 4) is 5.75 Å². The summed E-state index contributed by atoms with van der Waals surface area (Å²) >= 11 is 6.02. The second kappa shape index (κ2) is 10.0. The molecule has 0 saturated carbocycles. The molecule has 1 aliphatic heterocycles. The van der Waals surface area contributed by atoms with Crippen molar-refractivity contribution >= 4 is 11.6 Å². The average Bonchev–Trinajstić information content (AvgIpc) is 2.52. The summed E-state index contributed by atoms with van der Waals surface area (Å²) in [6.45, 7) is 12.7. The SMILES string of the molecule is C=CCc1cc(Cl)ccc1OCCOCCN1C[C@H](C)O[C@@H](C)C1. The zero-order valence-electron chi connectivity index (χ0n) is 14.7. The summed E-state index contributed by atoms with van der Waals surface area (Å²) in [6.07, 6.45) is 3.18. The molecule has 0 N–H and O–H groups in total. The first-order chi connectivity index (χ1) is 11.6. The molecule has 1 aromatic carbocycles. The minimum absolute atomic E-state index is 0.297. The Morgan fingerprint density at radius 2 is 2.00 bits per heavy atom. The van der Waals surface area contributed by atoms with Gasteiger partial charge in [0.25, 0.3) is 0 Å². The predicted molar refractivity (Wildman–Crippen MR) is 98.1 cm³/mol. The number of benzene rings is 1. The average molecular weight is 354 g/mol. The Morgan fingerprint density at radius 1 is 1.25 bits per heavy atom. The van der Waals surface area contributed by atoms with E-state index in [2.05, 4.69) is 25.3 Å². The molecule has 1 aromatic rings. The highest BCUT2D eigenvalue weighted by molar-refractivity contribution is 6.30. The van der Waals surface area contributed by atoms with Gasteiger partial charge in [-0.25, -0.2) is 0 Å². The number of morpholine rings is 1. The smallest absolute Gasteiger partial charge is 0.123 e. The van der Waals surface area contributed by atoms with E-state index in [-0.39, 0.29) is 0 Å². The lowest BCUT2D eigenvalue weighted by molar-refractivity contribution is -0.0734. The number of halogens is 1. The number of rotatable bonds is 9. The highest BCUT2D eigenvalue weighted by Crippen LogP contribution is 2.23. The van der Waals surface area contributed by atoms with E-state index in [1.54, 1.807) is 0 Å². The number of hydrogen-bond donors (Lipinski definition) is 0. The third kappa shape index (κ3) is 6.44. The zero-order chi connectivity index (χ0) is 17.4. The van der Waals surface area contributed by atoms with E-state index in [0.29, 0.717) is 37.1 Å². The summed E-state index contributed by atoms with van der Waals surface area (Å²) in [5.74, 6) is 0.846. The van der Waals surface area contributed by atoms with Crippen LogP contribution in [-0.2, 0) is 15.9 Å². The first-order valence-electron chi connectivity index (χ1n) is 8.56. The molecule has 24 heavy (non-hydrogen) atoms. The summed E-state index contributed by atoms with van der Waals surface area (Å²) in [5, 5.41) is 0.712. The monoisotopic (exact) mass is 353 g/mol. The molecule has 2 atom stereocenters. The highest BCUT2D eigenvalue weighted by atomic mass is 35.5. The lowest BCUT2D eigenvalue weighted by Crippen LogP contribution is -2.46. The molecule has 5 heteroatoms. The van der Waals surface area contributed by atoms with Gasteiger partial charge in [0.15, 0.2) is 0 Å². The van der Waals surface area contributed by atoms with Crippen molar-refractivity contribution in [1.82, 2.24) is 4.90 Å². The highest BCUT2D eigenvalue weighted by Gasteiger charge is 2.21. The maximum Gasteiger partial charge on any atom is 0.123 e. The molecule has 0 spiro atoms. The van der Waals surface area contributed by atoms with E-state index in [1.807, 2.05) is 24.3 Å². The molecular weight excluding hydrogens is 326 g/mol. The molecule has 2 rings (SSSR count). The van der Waals surface area contributed by atoms with Crippen molar-refractivity contribution in [1.29, 1.82) is 0 Å². The maximum absolute atomic E-state index is 6.02. The lowest BCUT2D eigenvalue weighted by Gasteiger charge is -2.35. The lowest BCUT2D eigenvalue weighted by atomic mass is 10.1. The molecule has 0 aromatic heterocycles. The van der Waals surface area contributed by atoms with Gasteiger partial charge in [0.1, 0.15) is 12.4 Å². The maximum atomic E-state index is 6.02. The number of ether oxygens (including phenoxy) is 3. The third-order valence-corrected chi connectivity index (χ3v) is 4.15. The Balaban J connectivity index is 1.64. The van der Waals surface area contributed by atoms with Gasteiger partial charge in [-0.05, 0) is 44.0 Å². The topological polar surface area (TPSA) is 30.9 Å². The normalized spacial score (nSPS) is 21.6. The van der Waals surface area contributed by atoms with E-state index in [0.717, 1.165) is 37.4 Å². The fourth-order valence-corrected chi connectivity index (χ4v) is 3.17. The minimum atomic E-state index is 0.297. The summed E-state index contributed by atoms with van der Waals surface area (Å²) in [5.41, 5.74) is 1.05. The Labute approximate surface area is 150 Å². The van der Waals surface area contributed by atoms with Crippen molar-refractivity contribution in [3.63, 3.8) is 0 Å². The van der Waals surface area contributed by atoms with Crippen molar-refractivity contribution in [2.75, 3.05) is 39.5 Å². The number of nitrogens with zero attached hydrogens (tertiary/aromatic N) is 1. The van der Waals surface area contributed by atoms with Crippen LogP contribution < -0.4 is 4.74 Å². The van der Waals surface area contributed by atoms with Gasteiger partial charge in [0, 0.05) is 24.7 Å². The van der Waals surface area contributed by atoms with Gasteiger partial charge in [-0.3, -0.25) is 4.90 Å². The van der Waals surface area contributed by atoms with Crippen LogP contribution >= 0.6 is 11.6 Å². The molecule has 0 aliphatic carbocycles. The van der Waals surface area contributed by atoms with Crippen LogP contribution in [0.2, 0.25) is 5.02 Å². The predicted octanol–water partition coefficient (Wildman–Crippen LogP) is 3.57. The number of hydrogen-bond acceptors (Lipinski definition) is 4. The van der Waals surface area contributed by atoms with E-state index in [4.69, 9.17) is 25.8 Å². The molecule has 0 radical (unpaired) electrons. The molecule has 4 nitrogen and oxygen atoms in total. The standard InChI is InChI=1S/C19H28ClNO3/c1-4-5-17-12-18(20)6-7-19(17)23-11-10-22-9-8-21-13-15(2)24-16(3)14-21/h4,6-7,12,15-16H,1,5,8-11,13-14H2,2-3H3/t15-,16-/m0/s1. The second-order valence-corrected chi connectivity index (χ2v) is 6.66. The zero-order valence-corrected chi connectivity index (χ0v) is 15.4. The van der Waals surface area contributed by atoms with Crippen LogP contribution in [0.15, 0.2) is 30.9 Å². The molecule has 0 unspecified atom stereocenters. The fraction of sp³-hybridized carbons (Fsp3) is 0.579. The molecule has 0 amide bonds. The van der Waals surface area contributed by atoms with Crippen LogP contribution in [0.4, 0.5) is 0 Å². The summed E-state index contributed by atoms with van der Waals surface area (Å²) in [7, 11) is 0. The van der Waals surface area contributed by atoms with Crippen LogP contribution in [0.3, 0.4) is 0 Å². The van der Waals surface area contributed by atoms with Crippen LogP contribution in [0.25, 0.3) is 0 Å². The van der Waals surface area contributed by atoms with Gasteiger partial charge in [-0.15, -0.1) is 6.58 Å². The summed E-state index contributed by atoms with van der Waals surface area (Å²) in [4.78, 5) is 2.39. The molecule has 134 valence electrons. The van der Waals surface area contributed by atoms with Crippen molar-refractivity contribution in [2.45, 2.75) is 32.5 Å². The Kier molecular flexibility index (Phi) is 8.06. The van der Waals surface area contributed by atoms with Gasteiger partial charge in [0.05, 0.1) is 25.4 Å². The summed E-state index contributed by atoms with van der Waals surface area (Å²) < 4.78 is 17.2. The van der Waals surface area contributed by atoms with E-state index in [1.165, 1.54) is 0 Å².